The van der Waals surface area contributed by atoms with Gasteiger partial charge < -0.3 is 15.4 Å². The van der Waals surface area contributed by atoms with Gasteiger partial charge in [-0.2, -0.15) is 0 Å². The highest BCUT2D eigenvalue weighted by Gasteiger charge is 2.21. The number of ether oxygens (including phenoxy) is 1. The summed E-state index contributed by atoms with van der Waals surface area (Å²) in [5.74, 6) is 0.277. The number of hydrogen-bond donors (Lipinski definition) is 2. The second kappa shape index (κ2) is 9.39. The molecular weight excluding hydrogens is 379 g/mol. The number of nitrogens with one attached hydrogen (secondary N) is 2. The van der Waals surface area contributed by atoms with E-state index in [-0.39, 0.29) is 35.7 Å². The molecule has 28 heavy (non-hydrogen) atoms. The highest BCUT2D eigenvalue weighted by atomic mass is 35.5. The van der Waals surface area contributed by atoms with Crippen LogP contribution in [0, 0.1) is 12.7 Å². The lowest BCUT2D eigenvalue weighted by Gasteiger charge is -2.21. The average Bonchev–Trinajstić information content (AvgIpc) is 2.64. The summed E-state index contributed by atoms with van der Waals surface area (Å²) in [7, 11) is 0. The summed E-state index contributed by atoms with van der Waals surface area (Å²) < 4.78 is 20.7. The lowest BCUT2D eigenvalue weighted by Crippen LogP contribution is -2.31. The maximum absolute atomic E-state index is 14.7. The molecule has 0 bridgehead atoms. The molecule has 0 saturated carbocycles. The molecule has 0 fully saturated rings. The van der Waals surface area contributed by atoms with E-state index in [1.807, 2.05) is 31.2 Å². The van der Waals surface area contributed by atoms with Crippen molar-refractivity contribution in [3.05, 3.63) is 58.4 Å². The topological polar surface area (TPSA) is 50.4 Å². The zero-order valence-corrected chi connectivity index (χ0v) is 17.6. The number of benzene rings is 2. The zero-order chi connectivity index (χ0) is 19.6. The van der Waals surface area contributed by atoms with E-state index in [4.69, 9.17) is 4.74 Å². The van der Waals surface area contributed by atoms with Crippen molar-refractivity contribution in [3.63, 3.8) is 0 Å². The SMILES string of the molecule is Cc1ccc(C(C)C)c(OC(C)C(=O)Nc2ccc3c(c2F)CCNC3)c1.Cl. The number of amides is 1. The minimum atomic E-state index is -0.735. The Labute approximate surface area is 172 Å². The minimum Gasteiger partial charge on any atom is -0.481 e. The molecular formula is C22H28ClFN2O2. The van der Waals surface area contributed by atoms with Crippen molar-refractivity contribution in [2.75, 3.05) is 11.9 Å². The van der Waals surface area contributed by atoms with E-state index in [9.17, 15) is 9.18 Å². The molecule has 1 amide bonds. The first-order chi connectivity index (χ1) is 12.9. The number of rotatable bonds is 5. The summed E-state index contributed by atoms with van der Waals surface area (Å²) in [6.07, 6.45) is -0.112. The molecule has 1 unspecified atom stereocenters. The Morgan fingerprint density at radius 1 is 1.21 bits per heavy atom. The molecule has 2 aromatic carbocycles. The summed E-state index contributed by atoms with van der Waals surface area (Å²) in [5, 5.41) is 5.90. The Hall–Kier alpha value is -2.11. The highest BCUT2D eigenvalue weighted by molar-refractivity contribution is 5.94. The minimum absolute atomic E-state index is 0. The highest BCUT2D eigenvalue weighted by Crippen LogP contribution is 2.29. The summed E-state index contributed by atoms with van der Waals surface area (Å²) in [6, 6.07) is 9.48. The van der Waals surface area contributed by atoms with Crippen molar-refractivity contribution >= 4 is 24.0 Å². The third-order valence-electron chi connectivity index (χ3n) is 4.93. The lowest BCUT2D eigenvalue weighted by molar-refractivity contribution is -0.122. The Morgan fingerprint density at radius 3 is 2.68 bits per heavy atom. The first kappa shape index (κ1) is 22.2. The van der Waals surface area contributed by atoms with Crippen LogP contribution < -0.4 is 15.4 Å². The Balaban J connectivity index is 0.00000280. The van der Waals surface area contributed by atoms with E-state index in [0.29, 0.717) is 24.3 Å². The van der Waals surface area contributed by atoms with Gasteiger partial charge in [-0.1, -0.05) is 32.0 Å². The molecule has 2 N–H and O–H groups in total. The Morgan fingerprint density at radius 2 is 1.96 bits per heavy atom. The van der Waals surface area contributed by atoms with Gasteiger partial charge in [-0.15, -0.1) is 12.4 Å². The van der Waals surface area contributed by atoms with Crippen LogP contribution in [0.2, 0.25) is 0 Å². The van der Waals surface area contributed by atoms with Crippen molar-refractivity contribution in [1.82, 2.24) is 5.32 Å². The zero-order valence-electron chi connectivity index (χ0n) is 16.8. The third-order valence-corrected chi connectivity index (χ3v) is 4.93. The molecule has 152 valence electrons. The molecule has 1 aliphatic heterocycles. The second-order valence-corrected chi connectivity index (χ2v) is 7.44. The number of carbonyl (C=O) groups is 1. The average molecular weight is 407 g/mol. The summed E-state index contributed by atoms with van der Waals surface area (Å²) in [4.78, 5) is 12.6. The van der Waals surface area contributed by atoms with Gasteiger partial charge in [0, 0.05) is 6.54 Å². The lowest BCUT2D eigenvalue weighted by atomic mass is 9.99. The maximum atomic E-state index is 14.7. The van der Waals surface area contributed by atoms with E-state index in [1.54, 1.807) is 13.0 Å². The monoisotopic (exact) mass is 406 g/mol. The van der Waals surface area contributed by atoms with Crippen LogP contribution in [-0.4, -0.2) is 18.6 Å². The molecule has 0 radical (unpaired) electrons. The predicted molar refractivity (Wildman–Crippen MR) is 113 cm³/mol. The van der Waals surface area contributed by atoms with Crippen LogP contribution in [0.25, 0.3) is 0 Å². The number of anilines is 1. The summed E-state index contributed by atoms with van der Waals surface area (Å²) in [5.41, 5.74) is 3.96. The van der Waals surface area contributed by atoms with Gasteiger partial charge in [-0.05, 0) is 67.1 Å². The van der Waals surface area contributed by atoms with E-state index in [2.05, 4.69) is 24.5 Å². The van der Waals surface area contributed by atoms with Crippen LogP contribution in [0.4, 0.5) is 10.1 Å². The van der Waals surface area contributed by atoms with Crippen LogP contribution in [0.1, 0.15) is 48.9 Å². The Bertz CT molecular complexity index is 855. The van der Waals surface area contributed by atoms with E-state index in [1.165, 1.54) is 0 Å². The van der Waals surface area contributed by atoms with Gasteiger partial charge in [-0.3, -0.25) is 4.79 Å². The molecule has 1 heterocycles. The van der Waals surface area contributed by atoms with Gasteiger partial charge in [-0.25, -0.2) is 4.39 Å². The largest absolute Gasteiger partial charge is 0.481 e. The third kappa shape index (κ3) is 4.83. The van der Waals surface area contributed by atoms with Gasteiger partial charge in [0.1, 0.15) is 11.6 Å². The van der Waals surface area contributed by atoms with E-state index in [0.717, 1.165) is 23.2 Å². The van der Waals surface area contributed by atoms with Gasteiger partial charge in [0.15, 0.2) is 6.10 Å². The van der Waals surface area contributed by atoms with Crippen LogP contribution in [0.15, 0.2) is 30.3 Å². The fourth-order valence-corrected chi connectivity index (χ4v) is 3.33. The van der Waals surface area contributed by atoms with Crippen LogP contribution in [-0.2, 0) is 17.8 Å². The van der Waals surface area contributed by atoms with Crippen molar-refractivity contribution in [3.8, 4) is 5.75 Å². The smallest absolute Gasteiger partial charge is 0.265 e. The number of fused-ring (bicyclic) bond motifs is 1. The van der Waals surface area contributed by atoms with E-state index >= 15 is 0 Å². The predicted octanol–water partition coefficient (Wildman–Crippen LogP) is 4.73. The molecule has 3 rings (SSSR count). The molecule has 6 heteroatoms. The Kier molecular flexibility index (Phi) is 7.44. The van der Waals surface area contributed by atoms with Gasteiger partial charge in [0.2, 0.25) is 0 Å². The number of aryl methyl sites for hydroxylation is 1. The molecule has 0 spiro atoms. The van der Waals surface area contributed by atoms with Crippen molar-refractivity contribution in [1.29, 1.82) is 0 Å². The van der Waals surface area contributed by atoms with E-state index < -0.39 is 6.10 Å². The fourth-order valence-electron chi connectivity index (χ4n) is 3.33. The van der Waals surface area contributed by atoms with Crippen LogP contribution in [0.3, 0.4) is 0 Å². The quantitative estimate of drug-likeness (QED) is 0.754. The van der Waals surface area contributed by atoms with Crippen LogP contribution in [0.5, 0.6) is 5.75 Å². The molecule has 1 atom stereocenters. The molecule has 0 aromatic heterocycles. The molecule has 0 saturated heterocycles. The fraction of sp³-hybridized carbons (Fsp3) is 0.409. The van der Waals surface area contributed by atoms with Crippen molar-refractivity contribution in [2.45, 2.75) is 52.7 Å². The molecule has 1 aliphatic rings. The first-order valence-electron chi connectivity index (χ1n) is 9.46. The summed E-state index contributed by atoms with van der Waals surface area (Å²) >= 11 is 0. The van der Waals surface area contributed by atoms with Gasteiger partial charge in [0.25, 0.3) is 5.91 Å². The maximum Gasteiger partial charge on any atom is 0.265 e. The van der Waals surface area contributed by atoms with Crippen LogP contribution >= 0.6 is 12.4 Å². The van der Waals surface area contributed by atoms with Crippen molar-refractivity contribution < 1.29 is 13.9 Å². The molecule has 0 aliphatic carbocycles. The second-order valence-electron chi connectivity index (χ2n) is 7.44. The van der Waals surface area contributed by atoms with Gasteiger partial charge in [0.05, 0.1) is 5.69 Å². The standard InChI is InChI=1S/C22H27FN2O2.ClH/c1-13(2)17-7-5-14(3)11-20(17)27-15(4)22(26)25-19-8-6-16-12-24-10-9-18(16)21(19)23;/h5-8,11,13,15,24H,9-10,12H2,1-4H3,(H,25,26);1H. The molecule has 2 aromatic rings. The first-order valence-corrected chi connectivity index (χ1v) is 9.46. The van der Waals surface area contributed by atoms with Gasteiger partial charge >= 0.3 is 0 Å². The number of carbonyl (C=O) groups excluding carboxylic acids is 1. The summed E-state index contributed by atoms with van der Waals surface area (Å²) in [6.45, 7) is 9.23. The number of halogens is 2. The number of hydrogen-bond acceptors (Lipinski definition) is 3. The van der Waals surface area contributed by atoms with Crippen molar-refractivity contribution in [2.24, 2.45) is 0 Å². The molecule has 4 nitrogen and oxygen atoms in total. The normalized spacial score (nSPS) is 14.1.